The second-order valence-corrected chi connectivity index (χ2v) is 3.04. The summed E-state index contributed by atoms with van der Waals surface area (Å²) in [6.07, 6.45) is 0.692. The van der Waals surface area contributed by atoms with Crippen LogP contribution in [0.5, 0.6) is 0 Å². The molecule has 3 heteroatoms. The van der Waals surface area contributed by atoms with Gasteiger partial charge in [-0.05, 0) is 7.05 Å². The highest BCUT2D eigenvalue weighted by Crippen LogP contribution is 2.18. The van der Waals surface area contributed by atoms with E-state index in [1.165, 1.54) is 0 Å². The molecule has 2 rings (SSSR count). The van der Waals surface area contributed by atoms with Gasteiger partial charge >= 0.3 is 0 Å². The minimum atomic E-state index is 0.346. The molecule has 2 saturated heterocycles. The first-order valence-electron chi connectivity index (χ1n) is 3.78. The summed E-state index contributed by atoms with van der Waals surface area (Å²) in [6, 6.07) is 0. The molecule has 2 heterocycles. The van der Waals surface area contributed by atoms with Crippen LogP contribution in [0.2, 0.25) is 0 Å². The van der Waals surface area contributed by atoms with Crippen LogP contribution in [-0.4, -0.2) is 50.5 Å². The fourth-order valence-electron chi connectivity index (χ4n) is 1.64. The zero-order valence-electron chi connectivity index (χ0n) is 6.25. The molecule has 0 unspecified atom stereocenters. The molecule has 2 fully saturated rings. The summed E-state index contributed by atoms with van der Waals surface area (Å²) in [5, 5.41) is 0. The van der Waals surface area contributed by atoms with Crippen LogP contribution in [0.4, 0.5) is 0 Å². The molecule has 0 aromatic heterocycles. The lowest BCUT2D eigenvalue weighted by atomic mass is 10.2. The lowest BCUT2D eigenvalue weighted by Crippen LogP contribution is -2.36. The third-order valence-electron chi connectivity index (χ3n) is 2.15. The molecule has 3 nitrogen and oxygen atoms in total. The molecule has 0 aliphatic carbocycles. The Morgan fingerprint density at radius 3 is 2.10 bits per heavy atom. The van der Waals surface area contributed by atoms with Gasteiger partial charge in [-0.25, -0.2) is 0 Å². The first-order chi connectivity index (χ1) is 4.86. The maximum atomic E-state index is 5.51. The third-order valence-corrected chi connectivity index (χ3v) is 2.15. The average Bonchev–Trinajstić information content (AvgIpc) is 2.27. The van der Waals surface area contributed by atoms with Crippen LogP contribution in [-0.2, 0) is 9.47 Å². The van der Waals surface area contributed by atoms with E-state index in [-0.39, 0.29) is 0 Å². The fourth-order valence-corrected chi connectivity index (χ4v) is 1.64. The third kappa shape index (κ3) is 1.05. The largest absolute Gasteiger partial charge is 0.372 e. The van der Waals surface area contributed by atoms with E-state index >= 15 is 0 Å². The Morgan fingerprint density at radius 2 is 1.60 bits per heavy atom. The van der Waals surface area contributed by atoms with Gasteiger partial charge in [0.15, 0.2) is 0 Å². The van der Waals surface area contributed by atoms with Crippen LogP contribution in [0.25, 0.3) is 0 Å². The molecular weight excluding hydrogens is 130 g/mol. The van der Waals surface area contributed by atoms with Gasteiger partial charge < -0.3 is 14.4 Å². The maximum Gasteiger partial charge on any atom is 0.0976 e. The second-order valence-electron chi connectivity index (χ2n) is 3.04. The van der Waals surface area contributed by atoms with Crippen molar-refractivity contribution < 1.29 is 9.47 Å². The predicted octanol–water partition coefficient (Wildman–Crippen LogP) is -0.284. The topological polar surface area (TPSA) is 21.7 Å². The molecule has 0 spiro atoms. The monoisotopic (exact) mass is 143 g/mol. The second kappa shape index (κ2) is 2.49. The molecule has 2 atom stereocenters. The van der Waals surface area contributed by atoms with E-state index in [1.807, 2.05) is 0 Å². The number of fused-ring (bicyclic) bond motifs is 1. The Balaban J connectivity index is 1.97. The van der Waals surface area contributed by atoms with E-state index in [0.717, 1.165) is 26.3 Å². The van der Waals surface area contributed by atoms with Crippen molar-refractivity contribution in [1.29, 1.82) is 0 Å². The fraction of sp³-hybridized carbons (Fsp3) is 1.00. The van der Waals surface area contributed by atoms with Crippen LogP contribution >= 0.6 is 0 Å². The van der Waals surface area contributed by atoms with Crippen molar-refractivity contribution in [2.75, 3.05) is 33.4 Å². The van der Waals surface area contributed by atoms with Crippen LogP contribution in [0.3, 0.4) is 0 Å². The van der Waals surface area contributed by atoms with Crippen molar-refractivity contribution in [2.24, 2.45) is 0 Å². The molecule has 2 aliphatic rings. The number of ether oxygens (including phenoxy) is 2. The molecule has 0 aromatic rings. The highest BCUT2D eigenvalue weighted by Gasteiger charge is 2.34. The summed E-state index contributed by atoms with van der Waals surface area (Å²) in [6.45, 7) is 3.61. The van der Waals surface area contributed by atoms with E-state index in [1.54, 1.807) is 0 Å². The summed E-state index contributed by atoms with van der Waals surface area (Å²) in [4.78, 5) is 2.25. The van der Waals surface area contributed by atoms with Crippen LogP contribution in [0, 0.1) is 0 Å². The maximum absolute atomic E-state index is 5.51. The summed E-state index contributed by atoms with van der Waals surface area (Å²) in [7, 11) is 2.10. The van der Waals surface area contributed by atoms with Crippen LogP contribution < -0.4 is 0 Å². The quantitative estimate of drug-likeness (QED) is 0.465. The molecule has 0 N–H and O–H groups in total. The normalized spacial score (nSPS) is 41.7. The molecule has 2 aliphatic heterocycles. The van der Waals surface area contributed by atoms with Crippen molar-refractivity contribution in [3.05, 3.63) is 0 Å². The summed E-state index contributed by atoms with van der Waals surface area (Å²) >= 11 is 0. The van der Waals surface area contributed by atoms with E-state index in [9.17, 15) is 0 Å². The van der Waals surface area contributed by atoms with Gasteiger partial charge in [0.05, 0.1) is 25.4 Å². The highest BCUT2D eigenvalue weighted by atomic mass is 16.6. The molecule has 0 bridgehead atoms. The Bertz CT molecular complexity index is 115. The zero-order chi connectivity index (χ0) is 6.97. The van der Waals surface area contributed by atoms with Gasteiger partial charge in [0.1, 0.15) is 0 Å². The highest BCUT2D eigenvalue weighted by molar-refractivity contribution is 4.85. The van der Waals surface area contributed by atoms with Gasteiger partial charge in [-0.3, -0.25) is 0 Å². The summed E-state index contributed by atoms with van der Waals surface area (Å²) in [5.41, 5.74) is 0. The standard InChI is InChI=1S/C7H13NO2/c1-8-4-6-7(5-8)10-3-2-9-6/h6-7H,2-5H2,1H3/t6-,7+. The summed E-state index contributed by atoms with van der Waals surface area (Å²) in [5.74, 6) is 0. The van der Waals surface area contributed by atoms with Gasteiger partial charge in [0.25, 0.3) is 0 Å². The lowest BCUT2D eigenvalue weighted by Gasteiger charge is -2.24. The number of likely N-dealkylation sites (tertiary alicyclic amines) is 1. The van der Waals surface area contributed by atoms with Crippen molar-refractivity contribution in [1.82, 2.24) is 4.90 Å². The Hall–Kier alpha value is -0.120. The van der Waals surface area contributed by atoms with E-state index in [0.29, 0.717) is 12.2 Å². The van der Waals surface area contributed by atoms with E-state index < -0.39 is 0 Å². The number of rotatable bonds is 0. The number of nitrogens with zero attached hydrogens (tertiary/aromatic N) is 1. The van der Waals surface area contributed by atoms with Gasteiger partial charge in [-0.15, -0.1) is 0 Å². The minimum absolute atomic E-state index is 0.346. The lowest BCUT2D eigenvalue weighted by molar-refractivity contribution is -0.116. The number of hydrogen-bond acceptors (Lipinski definition) is 3. The van der Waals surface area contributed by atoms with Gasteiger partial charge in [-0.2, -0.15) is 0 Å². The van der Waals surface area contributed by atoms with Crippen molar-refractivity contribution in [3.8, 4) is 0 Å². The van der Waals surface area contributed by atoms with Crippen molar-refractivity contribution in [2.45, 2.75) is 12.2 Å². The van der Waals surface area contributed by atoms with Crippen LogP contribution in [0.1, 0.15) is 0 Å². The first-order valence-corrected chi connectivity index (χ1v) is 3.78. The average molecular weight is 143 g/mol. The summed E-state index contributed by atoms with van der Waals surface area (Å²) < 4.78 is 11.0. The van der Waals surface area contributed by atoms with Crippen LogP contribution in [0.15, 0.2) is 0 Å². The smallest absolute Gasteiger partial charge is 0.0976 e. The molecule has 0 radical (unpaired) electrons. The predicted molar refractivity (Wildman–Crippen MR) is 37.0 cm³/mol. The SMILES string of the molecule is CN1C[C@@H]2OCCO[C@@H]2C1. The van der Waals surface area contributed by atoms with Gasteiger partial charge in [-0.1, -0.05) is 0 Å². The Labute approximate surface area is 60.9 Å². The molecule has 0 aromatic carbocycles. The Kier molecular flexibility index (Phi) is 1.64. The molecule has 0 amide bonds. The van der Waals surface area contributed by atoms with Crippen molar-refractivity contribution >= 4 is 0 Å². The molecule has 58 valence electrons. The number of likely N-dealkylation sites (N-methyl/N-ethyl adjacent to an activating group) is 1. The molecular formula is C7H13NO2. The molecule has 0 saturated carbocycles. The van der Waals surface area contributed by atoms with Gasteiger partial charge in [0, 0.05) is 13.1 Å². The van der Waals surface area contributed by atoms with E-state index in [2.05, 4.69) is 11.9 Å². The zero-order valence-corrected chi connectivity index (χ0v) is 6.25. The number of hydrogen-bond donors (Lipinski definition) is 0. The Morgan fingerprint density at radius 1 is 1.10 bits per heavy atom. The first kappa shape index (κ1) is 6.58. The van der Waals surface area contributed by atoms with Gasteiger partial charge in [0.2, 0.25) is 0 Å². The van der Waals surface area contributed by atoms with Crippen molar-refractivity contribution in [3.63, 3.8) is 0 Å². The van der Waals surface area contributed by atoms with E-state index in [4.69, 9.17) is 9.47 Å². The molecule has 10 heavy (non-hydrogen) atoms. The minimum Gasteiger partial charge on any atom is -0.372 e.